The summed E-state index contributed by atoms with van der Waals surface area (Å²) in [6.45, 7) is 4.70. The number of halogens is 3. The number of nitrogens with one attached hydrogen (secondary N) is 1. The summed E-state index contributed by atoms with van der Waals surface area (Å²) in [6.07, 6.45) is -3.20. The molecule has 32 heavy (non-hydrogen) atoms. The fraction of sp³-hybridized carbons (Fsp3) is 0.409. The Labute approximate surface area is 186 Å². The molecular formula is C22H27F3N2O4S. The first-order valence-electron chi connectivity index (χ1n) is 10.0. The molecule has 0 fully saturated rings. The number of aryl methyl sites for hydroxylation is 1. The van der Waals surface area contributed by atoms with E-state index in [9.17, 15) is 26.4 Å². The summed E-state index contributed by atoms with van der Waals surface area (Å²) in [6, 6.07) is 8.11. The average Bonchev–Trinajstić information content (AvgIpc) is 2.71. The van der Waals surface area contributed by atoms with E-state index >= 15 is 0 Å². The first kappa shape index (κ1) is 25.5. The standard InChI is InChI=1S/C22H27F3N2O4S/c1-5-7-16(3)26-21(28)14-27(18-9-6-8-17(13-18)22(23,24)25)32(29,30)20-12-15(2)10-11-19(20)31-4/h6,8-13,16H,5,7,14H2,1-4H3,(H,26,28)/t16-/m1/s1. The fourth-order valence-electron chi connectivity index (χ4n) is 3.21. The number of carbonyl (C=O) groups excluding carboxylic acids is 1. The lowest BCUT2D eigenvalue weighted by atomic mass is 10.2. The molecule has 1 N–H and O–H groups in total. The van der Waals surface area contributed by atoms with E-state index in [1.807, 2.05) is 6.92 Å². The van der Waals surface area contributed by atoms with Crippen molar-refractivity contribution in [2.75, 3.05) is 18.0 Å². The highest BCUT2D eigenvalue weighted by Gasteiger charge is 2.34. The van der Waals surface area contributed by atoms with E-state index in [0.29, 0.717) is 22.4 Å². The number of benzene rings is 2. The molecule has 0 heterocycles. The first-order valence-corrected chi connectivity index (χ1v) is 11.5. The summed E-state index contributed by atoms with van der Waals surface area (Å²) in [4.78, 5) is 12.4. The molecule has 2 aromatic carbocycles. The minimum atomic E-state index is -4.68. The van der Waals surface area contributed by atoms with E-state index in [-0.39, 0.29) is 22.4 Å². The number of alkyl halides is 3. The molecule has 0 unspecified atom stereocenters. The summed E-state index contributed by atoms with van der Waals surface area (Å²) in [5.74, 6) is -0.606. The van der Waals surface area contributed by atoms with Crippen LogP contribution in [0.2, 0.25) is 0 Å². The second-order valence-electron chi connectivity index (χ2n) is 7.47. The second-order valence-corrected chi connectivity index (χ2v) is 9.30. The highest BCUT2D eigenvalue weighted by molar-refractivity contribution is 7.93. The quantitative estimate of drug-likeness (QED) is 0.582. The zero-order valence-electron chi connectivity index (χ0n) is 18.4. The smallest absolute Gasteiger partial charge is 0.416 e. The number of rotatable bonds is 9. The summed E-state index contributed by atoms with van der Waals surface area (Å²) in [7, 11) is -3.16. The molecule has 0 saturated carbocycles. The minimum absolute atomic E-state index is 0.0207. The molecule has 0 saturated heterocycles. The number of anilines is 1. The monoisotopic (exact) mass is 472 g/mol. The summed E-state index contributed by atoms with van der Waals surface area (Å²) >= 11 is 0. The van der Waals surface area contributed by atoms with Gasteiger partial charge < -0.3 is 10.1 Å². The lowest BCUT2D eigenvalue weighted by Gasteiger charge is -2.26. The van der Waals surface area contributed by atoms with Gasteiger partial charge in [-0.3, -0.25) is 9.10 Å². The molecule has 0 spiro atoms. The first-order chi connectivity index (χ1) is 14.9. The molecule has 2 rings (SSSR count). The van der Waals surface area contributed by atoms with E-state index < -0.39 is 34.2 Å². The van der Waals surface area contributed by atoms with Gasteiger partial charge >= 0.3 is 6.18 Å². The number of methoxy groups -OCH3 is 1. The van der Waals surface area contributed by atoms with E-state index in [1.165, 1.54) is 25.3 Å². The van der Waals surface area contributed by atoms with Gasteiger partial charge in [-0.25, -0.2) is 8.42 Å². The number of hydrogen-bond donors (Lipinski definition) is 1. The maximum absolute atomic E-state index is 13.6. The molecule has 1 amide bonds. The van der Waals surface area contributed by atoms with Crippen LogP contribution in [0.4, 0.5) is 18.9 Å². The van der Waals surface area contributed by atoms with Crippen molar-refractivity contribution in [3.63, 3.8) is 0 Å². The summed E-state index contributed by atoms with van der Waals surface area (Å²) < 4.78 is 72.8. The van der Waals surface area contributed by atoms with Crippen molar-refractivity contribution in [3.8, 4) is 5.75 Å². The van der Waals surface area contributed by atoms with Gasteiger partial charge in [0.25, 0.3) is 10.0 Å². The zero-order chi connectivity index (χ0) is 24.1. The fourth-order valence-corrected chi connectivity index (χ4v) is 4.87. The molecule has 6 nitrogen and oxygen atoms in total. The van der Waals surface area contributed by atoms with Gasteiger partial charge in [0, 0.05) is 6.04 Å². The van der Waals surface area contributed by atoms with Gasteiger partial charge in [0.1, 0.15) is 17.2 Å². The van der Waals surface area contributed by atoms with Crippen LogP contribution in [0.3, 0.4) is 0 Å². The van der Waals surface area contributed by atoms with Crippen molar-refractivity contribution < 1.29 is 31.1 Å². The van der Waals surface area contributed by atoms with Gasteiger partial charge in [0.2, 0.25) is 5.91 Å². The average molecular weight is 473 g/mol. The minimum Gasteiger partial charge on any atom is -0.495 e. The van der Waals surface area contributed by atoms with Crippen molar-refractivity contribution >= 4 is 21.6 Å². The van der Waals surface area contributed by atoms with Crippen LogP contribution in [0.5, 0.6) is 5.75 Å². The van der Waals surface area contributed by atoms with Crippen LogP contribution in [-0.2, 0) is 21.0 Å². The third-order valence-electron chi connectivity index (χ3n) is 4.76. The normalized spacial score (nSPS) is 12.8. The SMILES string of the molecule is CCC[C@@H](C)NC(=O)CN(c1cccc(C(F)(F)F)c1)S(=O)(=O)c1cc(C)ccc1OC. The van der Waals surface area contributed by atoms with Crippen LogP contribution in [0.1, 0.15) is 37.8 Å². The number of sulfonamides is 1. The third-order valence-corrected chi connectivity index (χ3v) is 6.56. The lowest BCUT2D eigenvalue weighted by Crippen LogP contribution is -2.43. The molecule has 0 bridgehead atoms. The highest BCUT2D eigenvalue weighted by Crippen LogP contribution is 2.35. The molecule has 1 atom stereocenters. The van der Waals surface area contributed by atoms with Crippen molar-refractivity contribution in [1.82, 2.24) is 5.32 Å². The molecule has 0 aliphatic carbocycles. The Hall–Kier alpha value is -2.75. The number of hydrogen-bond acceptors (Lipinski definition) is 4. The maximum atomic E-state index is 13.6. The topological polar surface area (TPSA) is 75.7 Å². The number of amides is 1. The van der Waals surface area contributed by atoms with Crippen LogP contribution in [-0.4, -0.2) is 34.0 Å². The third kappa shape index (κ3) is 6.15. The van der Waals surface area contributed by atoms with Crippen molar-refractivity contribution in [2.45, 2.75) is 50.7 Å². The van der Waals surface area contributed by atoms with Gasteiger partial charge in [0.15, 0.2) is 0 Å². The van der Waals surface area contributed by atoms with Crippen molar-refractivity contribution in [1.29, 1.82) is 0 Å². The maximum Gasteiger partial charge on any atom is 0.416 e. The highest BCUT2D eigenvalue weighted by atomic mass is 32.2. The van der Waals surface area contributed by atoms with Crippen LogP contribution >= 0.6 is 0 Å². The number of ether oxygens (including phenoxy) is 1. The van der Waals surface area contributed by atoms with E-state index in [0.717, 1.165) is 18.6 Å². The van der Waals surface area contributed by atoms with Gasteiger partial charge in [0.05, 0.1) is 18.4 Å². The van der Waals surface area contributed by atoms with E-state index in [2.05, 4.69) is 5.32 Å². The molecule has 176 valence electrons. The lowest BCUT2D eigenvalue weighted by molar-refractivity contribution is -0.137. The second kappa shape index (κ2) is 10.2. The largest absolute Gasteiger partial charge is 0.495 e. The van der Waals surface area contributed by atoms with Crippen molar-refractivity contribution in [2.24, 2.45) is 0 Å². The molecule has 2 aromatic rings. The summed E-state index contributed by atoms with van der Waals surface area (Å²) in [5, 5.41) is 2.69. The Morgan fingerprint density at radius 2 is 1.88 bits per heavy atom. The van der Waals surface area contributed by atoms with E-state index in [1.54, 1.807) is 19.9 Å². The molecule has 0 aromatic heterocycles. The van der Waals surface area contributed by atoms with Gasteiger partial charge in [-0.05, 0) is 56.2 Å². The predicted molar refractivity (Wildman–Crippen MR) is 116 cm³/mol. The van der Waals surface area contributed by atoms with Gasteiger partial charge in [-0.2, -0.15) is 13.2 Å². The van der Waals surface area contributed by atoms with Crippen molar-refractivity contribution in [3.05, 3.63) is 53.6 Å². The summed E-state index contributed by atoms with van der Waals surface area (Å²) in [5.41, 5.74) is -0.692. The Morgan fingerprint density at radius 1 is 1.19 bits per heavy atom. The molecule has 0 aliphatic rings. The van der Waals surface area contributed by atoms with Crippen LogP contribution in [0, 0.1) is 6.92 Å². The van der Waals surface area contributed by atoms with E-state index in [4.69, 9.17) is 4.74 Å². The predicted octanol–water partition coefficient (Wildman–Crippen LogP) is 4.52. The molecule has 0 radical (unpaired) electrons. The van der Waals surface area contributed by atoms with Crippen LogP contribution in [0.25, 0.3) is 0 Å². The molecule has 10 heteroatoms. The Balaban J connectivity index is 2.59. The Kier molecular flexibility index (Phi) is 8.17. The van der Waals surface area contributed by atoms with Crippen LogP contribution in [0.15, 0.2) is 47.4 Å². The Morgan fingerprint density at radius 3 is 2.47 bits per heavy atom. The number of nitrogens with zero attached hydrogens (tertiary/aromatic N) is 1. The molecular weight excluding hydrogens is 445 g/mol. The van der Waals surface area contributed by atoms with Crippen LogP contribution < -0.4 is 14.4 Å². The van der Waals surface area contributed by atoms with Gasteiger partial charge in [-0.15, -0.1) is 0 Å². The van der Waals surface area contributed by atoms with Gasteiger partial charge in [-0.1, -0.05) is 25.5 Å². The number of carbonyl (C=O) groups is 1. The Bertz CT molecular complexity index is 1060. The zero-order valence-corrected chi connectivity index (χ0v) is 19.2. The molecule has 0 aliphatic heterocycles.